The van der Waals surface area contributed by atoms with Gasteiger partial charge >= 0.3 is 13.2 Å². The third-order valence-electron chi connectivity index (χ3n) is 5.12. The van der Waals surface area contributed by atoms with Gasteiger partial charge in [0, 0.05) is 24.0 Å². The minimum Gasteiger partial charge on any atom is -0.443 e. The van der Waals surface area contributed by atoms with Crippen molar-refractivity contribution in [2.75, 3.05) is 5.32 Å². The van der Waals surface area contributed by atoms with Crippen molar-refractivity contribution < 1.29 is 23.6 Å². The summed E-state index contributed by atoms with van der Waals surface area (Å²) in [4.78, 5) is 28.5. The number of fused-ring (bicyclic) bond motifs is 1. The highest BCUT2D eigenvalue weighted by Crippen LogP contribution is 2.37. The molecule has 1 fully saturated rings. The standard InChI is InChI=1S/C20H28BN3O5/c1-12(25)23-16-9-13-14(21-28-19(5,6)20(7,8)29-21)11-24(15(13)10-22-16)17(26)27-18(2,3)4/h9-11H,1-8H3,(H,22,23,25). The predicted octanol–water partition coefficient (Wildman–Crippen LogP) is 3.08. The molecule has 0 aliphatic carbocycles. The maximum Gasteiger partial charge on any atom is 0.497 e. The van der Waals surface area contributed by atoms with Crippen LogP contribution >= 0.6 is 0 Å². The molecule has 9 heteroatoms. The molecule has 8 nitrogen and oxygen atoms in total. The van der Waals surface area contributed by atoms with Gasteiger partial charge in [-0.05, 0) is 54.5 Å². The summed E-state index contributed by atoms with van der Waals surface area (Å²) in [6, 6.07) is 1.71. The Morgan fingerprint density at radius 1 is 1.17 bits per heavy atom. The molecule has 0 radical (unpaired) electrons. The van der Waals surface area contributed by atoms with Crippen LogP contribution in [-0.4, -0.2) is 45.5 Å². The Balaban J connectivity index is 2.12. The van der Waals surface area contributed by atoms with E-state index in [9.17, 15) is 9.59 Å². The van der Waals surface area contributed by atoms with Gasteiger partial charge in [0.15, 0.2) is 0 Å². The number of nitrogens with zero attached hydrogens (tertiary/aromatic N) is 2. The fourth-order valence-corrected chi connectivity index (χ4v) is 3.02. The summed E-state index contributed by atoms with van der Waals surface area (Å²) in [5.74, 6) is 0.144. The summed E-state index contributed by atoms with van der Waals surface area (Å²) >= 11 is 0. The van der Waals surface area contributed by atoms with Crippen molar-refractivity contribution in [2.45, 2.75) is 72.2 Å². The lowest BCUT2D eigenvalue weighted by molar-refractivity contribution is -0.114. The molecule has 0 unspecified atom stereocenters. The molecule has 1 aliphatic rings. The molecular formula is C20H28BN3O5. The second kappa shape index (κ2) is 6.85. The summed E-state index contributed by atoms with van der Waals surface area (Å²) in [5, 5.41) is 3.35. The lowest BCUT2D eigenvalue weighted by Gasteiger charge is -2.32. The predicted molar refractivity (Wildman–Crippen MR) is 111 cm³/mol. The number of ether oxygens (including phenoxy) is 1. The van der Waals surface area contributed by atoms with Crippen molar-refractivity contribution in [2.24, 2.45) is 0 Å². The Morgan fingerprint density at radius 2 is 1.76 bits per heavy atom. The number of aromatic nitrogens is 2. The number of hydrogen-bond donors (Lipinski definition) is 1. The molecule has 0 spiro atoms. The quantitative estimate of drug-likeness (QED) is 0.778. The van der Waals surface area contributed by atoms with Gasteiger partial charge in [-0.1, -0.05) is 0 Å². The van der Waals surface area contributed by atoms with E-state index < -0.39 is 30.0 Å². The van der Waals surface area contributed by atoms with Gasteiger partial charge in [0.05, 0.1) is 22.9 Å². The van der Waals surface area contributed by atoms with Crippen molar-refractivity contribution in [1.29, 1.82) is 0 Å². The Kier molecular flexibility index (Phi) is 5.03. The lowest BCUT2D eigenvalue weighted by Crippen LogP contribution is -2.41. The number of nitrogens with one attached hydrogen (secondary N) is 1. The Hall–Kier alpha value is -2.39. The zero-order chi connectivity index (χ0) is 21.8. The first-order valence-electron chi connectivity index (χ1n) is 9.58. The van der Waals surface area contributed by atoms with Crippen LogP contribution in [0.15, 0.2) is 18.5 Å². The van der Waals surface area contributed by atoms with Crippen molar-refractivity contribution >= 4 is 41.3 Å². The summed E-state index contributed by atoms with van der Waals surface area (Å²) in [5.41, 5.74) is -0.518. The zero-order valence-electron chi connectivity index (χ0n) is 18.2. The van der Waals surface area contributed by atoms with Crippen LogP contribution in [0.1, 0.15) is 55.4 Å². The summed E-state index contributed by atoms with van der Waals surface area (Å²) in [6.45, 7) is 14.7. The van der Waals surface area contributed by atoms with Gasteiger partial charge in [-0.3, -0.25) is 9.36 Å². The van der Waals surface area contributed by atoms with Crippen LogP contribution in [-0.2, 0) is 18.8 Å². The molecule has 156 valence electrons. The van der Waals surface area contributed by atoms with Gasteiger partial charge in [0.1, 0.15) is 11.4 Å². The van der Waals surface area contributed by atoms with Crippen LogP contribution in [0.2, 0.25) is 0 Å². The number of pyridine rings is 1. The van der Waals surface area contributed by atoms with Gasteiger partial charge in [-0.15, -0.1) is 0 Å². The minimum absolute atomic E-state index is 0.236. The third kappa shape index (κ3) is 4.16. The van der Waals surface area contributed by atoms with Crippen LogP contribution in [0.5, 0.6) is 0 Å². The van der Waals surface area contributed by atoms with Crippen molar-refractivity contribution in [1.82, 2.24) is 9.55 Å². The van der Waals surface area contributed by atoms with E-state index in [1.165, 1.54) is 17.7 Å². The molecule has 0 atom stereocenters. The Morgan fingerprint density at radius 3 is 2.28 bits per heavy atom. The van der Waals surface area contributed by atoms with Crippen molar-refractivity contribution in [3.8, 4) is 0 Å². The van der Waals surface area contributed by atoms with E-state index in [0.29, 0.717) is 22.2 Å². The van der Waals surface area contributed by atoms with E-state index in [1.807, 2.05) is 27.7 Å². The summed E-state index contributed by atoms with van der Waals surface area (Å²) in [7, 11) is -0.682. The van der Waals surface area contributed by atoms with E-state index >= 15 is 0 Å². The maximum absolute atomic E-state index is 12.8. The van der Waals surface area contributed by atoms with Crippen molar-refractivity contribution in [3.63, 3.8) is 0 Å². The number of carbonyl (C=O) groups excluding carboxylic acids is 2. The number of amides is 1. The molecule has 1 saturated heterocycles. The summed E-state index contributed by atoms with van der Waals surface area (Å²) < 4.78 is 19.3. The van der Waals surface area contributed by atoms with Gasteiger partial charge in [-0.2, -0.15) is 0 Å². The Labute approximate surface area is 171 Å². The molecule has 1 amide bonds. The number of carbonyl (C=O) groups is 2. The van der Waals surface area contributed by atoms with E-state index in [2.05, 4.69) is 10.3 Å². The first-order chi connectivity index (χ1) is 13.2. The smallest absolute Gasteiger partial charge is 0.443 e. The second-order valence-corrected chi connectivity index (χ2v) is 9.29. The number of anilines is 1. The molecule has 0 saturated carbocycles. The molecule has 3 rings (SSSR count). The van der Waals surface area contributed by atoms with E-state index in [1.54, 1.807) is 33.0 Å². The summed E-state index contributed by atoms with van der Waals surface area (Å²) in [6.07, 6.45) is 2.65. The van der Waals surface area contributed by atoms with Gasteiger partial charge < -0.3 is 19.4 Å². The van der Waals surface area contributed by atoms with Crippen LogP contribution in [0.4, 0.5) is 10.6 Å². The first kappa shape index (κ1) is 21.3. The van der Waals surface area contributed by atoms with Crippen LogP contribution in [0.25, 0.3) is 10.9 Å². The van der Waals surface area contributed by atoms with Crippen LogP contribution < -0.4 is 10.8 Å². The molecule has 1 N–H and O–H groups in total. The highest BCUT2D eigenvalue weighted by molar-refractivity contribution is 6.65. The Bertz CT molecular complexity index is 958. The molecule has 0 bridgehead atoms. The fraction of sp³-hybridized carbons (Fsp3) is 0.550. The highest BCUT2D eigenvalue weighted by Gasteiger charge is 2.52. The molecule has 0 aromatic carbocycles. The minimum atomic E-state index is -0.682. The topological polar surface area (TPSA) is 91.7 Å². The average molecular weight is 401 g/mol. The lowest BCUT2D eigenvalue weighted by atomic mass is 9.79. The molecule has 1 aliphatic heterocycles. The average Bonchev–Trinajstić information content (AvgIpc) is 2.99. The van der Waals surface area contributed by atoms with E-state index in [-0.39, 0.29) is 5.91 Å². The van der Waals surface area contributed by atoms with Crippen LogP contribution in [0.3, 0.4) is 0 Å². The second-order valence-electron chi connectivity index (χ2n) is 9.29. The van der Waals surface area contributed by atoms with Gasteiger partial charge in [0.2, 0.25) is 5.91 Å². The number of rotatable bonds is 2. The highest BCUT2D eigenvalue weighted by atomic mass is 16.7. The molecule has 29 heavy (non-hydrogen) atoms. The SMILES string of the molecule is CC(=O)Nc1cc2c(B3OC(C)(C)C(C)(C)O3)cn(C(=O)OC(C)(C)C)c2cn1. The monoisotopic (exact) mass is 401 g/mol. The van der Waals surface area contributed by atoms with Crippen molar-refractivity contribution in [3.05, 3.63) is 18.5 Å². The zero-order valence-corrected chi connectivity index (χ0v) is 18.2. The van der Waals surface area contributed by atoms with E-state index in [4.69, 9.17) is 14.0 Å². The third-order valence-corrected chi connectivity index (χ3v) is 5.12. The van der Waals surface area contributed by atoms with Crippen LogP contribution in [0, 0.1) is 0 Å². The van der Waals surface area contributed by atoms with E-state index in [0.717, 1.165) is 0 Å². The van der Waals surface area contributed by atoms with Gasteiger partial charge in [0.25, 0.3) is 0 Å². The fourth-order valence-electron chi connectivity index (χ4n) is 3.02. The number of hydrogen-bond acceptors (Lipinski definition) is 6. The maximum atomic E-state index is 12.8. The molecule has 2 aromatic heterocycles. The largest absolute Gasteiger partial charge is 0.497 e. The molecular weight excluding hydrogens is 373 g/mol. The first-order valence-corrected chi connectivity index (χ1v) is 9.58. The molecule has 3 heterocycles. The normalized spacial score (nSPS) is 18.1. The molecule has 2 aromatic rings. The van der Waals surface area contributed by atoms with Gasteiger partial charge in [-0.25, -0.2) is 9.78 Å².